The van der Waals surface area contributed by atoms with Crippen LogP contribution in [0.3, 0.4) is 0 Å². The second-order valence-corrected chi connectivity index (χ2v) is 4.20. The Hall–Kier alpha value is -1.26. The molecule has 0 fully saturated rings. The summed E-state index contributed by atoms with van der Waals surface area (Å²) in [5, 5.41) is 12.2. The van der Waals surface area contributed by atoms with Crippen molar-refractivity contribution < 1.29 is 9.52 Å². The SMILES string of the molecule is OCc1cccc(NCc2ccc(Br)o2)c1. The van der Waals surface area contributed by atoms with E-state index < -0.39 is 0 Å². The van der Waals surface area contributed by atoms with Gasteiger partial charge in [-0.05, 0) is 45.8 Å². The molecule has 16 heavy (non-hydrogen) atoms. The lowest BCUT2D eigenvalue weighted by Crippen LogP contribution is -1.98. The Labute approximate surface area is 102 Å². The largest absolute Gasteiger partial charge is 0.452 e. The van der Waals surface area contributed by atoms with Crippen molar-refractivity contribution in [3.05, 3.63) is 52.4 Å². The van der Waals surface area contributed by atoms with Crippen molar-refractivity contribution in [2.24, 2.45) is 0 Å². The van der Waals surface area contributed by atoms with Crippen LogP contribution in [0.25, 0.3) is 0 Å². The minimum atomic E-state index is 0.0574. The first kappa shape index (κ1) is 11.2. The summed E-state index contributed by atoms with van der Waals surface area (Å²) < 4.78 is 6.10. The lowest BCUT2D eigenvalue weighted by Gasteiger charge is -2.05. The summed E-state index contributed by atoms with van der Waals surface area (Å²) >= 11 is 3.25. The molecule has 0 saturated heterocycles. The molecule has 3 nitrogen and oxygen atoms in total. The fourth-order valence-corrected chi connectivity index (χ4v) is 1.76. The molecule has 0 spiro atoms. The number of benzene rings is 1. The van der Waals surface area contributed by atoms with Crippen molar-refractivity contribution in [3.63, 3.8) is 0 Å². The first-order valence-corrected chi connectivity index (χ1v) is 5.75. The van der Waals surface area contributed by atoms with E-state index in [4.69, 9.17) is 9.52 Å². The fourth-order valence-electron chi connectivity index (χ4n) is 1.42. The Morgan fingerprint density at radius 2 is 2.12 bits per heavy atom. The predicted octanol–water partition coefficient (Wildman–Crippen LogP) is 3.15. The van der Waals surface area contributed by atoms with Crippen LogP contribution in [-0.2, 0) is 13.2 Å². The third-order valence-corrected chi connectivity index (χ3v) is 2.63. The van der Waals surface area contributed by atoms with Crippen LogP contribution in [0.4, 0.5) is 5.69 Å². The van der Waals surface area contributed by atoms with Crippen molar-refractivity contribution >= 4 is 21.6 Å². The number of aliphatic hydroxyl groups excluding tert-OH is 1. The molecule has 4 heteroatoms. The molecule has 0 atom stereocenters. The topological polar surface area (TPSA) is 45.4 Å². The van der Waals surface area contributed by atoms with Gasteiger partial charge in [-0.15, -0.1) is 0 Å². The highest BCUT2D eigenvalue weighted by Gasteiger charge is 1.99. The molecule has 0 bridgehead atoms. The van der Waals surface area contributed by atoms with E-state index >= 15 is 0 Å². The number of rotatable bonds is 4. The van der Waals surface area contributed by atoms with Crippen LogP contribution in [0.15, 0.2) is 45.5 Å². The van der Waals surface area contributed by atoms with Crippen LogP contribution < -0.4 is 5.32 Å². The highest BCUT2D eigenvalue weighted by Crippen LogP contribution is 2.16. The number of halogens is 1. The van der Waals surface area contributed by atoms with Gasteiger partial charge < -0.3 is 14.8 Å². The first-order chi connectivity index (χ1) is 7.78. The van der Waals surface area contributed by atoms with Gasteiger partial charge in [0.15, 0.2) is 4.67 Å². The summed E-state index contributed by atoms with van der Waals surface area (Å²) in [5.41, 5.74) is 1.87. The summed E-state index contributed by atoms with van der Waals surface area (Å²) in [6.07, 6.45) is 0. The van der Waals surface area contributed by atoms with Gasteiger partial charge in [0.2, 0.25) is 0 Å². The van der Waals surface area contributed by atoms with Crippen LogP contribution >= 0.6 is 15.9 Å². The Balaban J connectivity index is 1.99. The molecule has 0 amide bonds. The monoisotopic (exact) mass is 281 g/mol. The summed E-state index contributed by atoms with van der Waals surface area (Å²) in [5.74, 6) is 0.862. The molecule has 2 aromatic rings. The maximum atomic E-state index is 9.00. The first-order valence-electron chi connectivity index (χ1n) is 4.96. The molecular weight excluding hydrogens is 270 g/mol. The van der Waals surface area contributed by atoms with Crippen molar-refractivity contribution in [2.45, 2.75) is 13.2 Å². The van der Waals surface area contributed by atoms with Crippen molar-refractivity contribution in [3.8, 4) is 0 Å². The highest BCUT2D eigenvalue weighted by molar-refractivity contribution is 9.10. The van der Waals surface area contributed by atoms with Gasteiger partial charge >= 0.3 is 0 Å². The molecule has 1 aromatic carbocycles. The van der Waals surface area contributed by atoms with Gasteiger partial charge in [-0.25, -0.2) is 0 Å². The molecule has 1 aromatic heterocycles. The van der Waals surface area contributed by atoms with Crippen molar-refractivity contribution in [1.29, 1.82) is 0 Å². The quantitative estimate of drug-likeness (QED) is 0.905. The van der Waals surface area contributed by atoms with Crippen LogP contribution in [0, 0.1) is 0 Å². The lowest BCUT2D eigenvalue weighted by atomic mass is 10.2. The van der Waals surface area contributed by atoms with Crippen LogP contribution in [0.5, 0.6) is 0 Å². The zero-order chi connectivity index (χ0) is 11.4. The molecule has 0 radical (unpaired) electrons. The maximum absolute atomic E-state index is 9.00. The molecule has 0 aliphatic rings. The van der Waals surface area contributed by atoms with E-state index in [9.17, 15) is 0 Å². The maximum Gasteiger partial charge on any atom is 0.169 e. The molecule has 1 heterocycles. The molecule has 0 aliphatic carbocycles. The fraction of sp³-hybridized carbons (Fsp3) is 0.167. The molecule has 2 rings (SSSR count). The van der Waals surface area contributed by atoms with E-state index in [0.717, 1.165) is 21.7 Å². The van der Waals surface area contributed by atoms with Crippen LogP contribution in [-0.4, -0.2) is 5.11 Å². The second kappa shape index (κ2) is 5.18. The number of nitrogens with one attached hydrogen (secondary N) is 1. The van der Waals surface area contributed by atoms with Crippen LogP contribution in [0.2, 0.25) is 0 Å². The van der Waals surface area contributed by atoms with Gasteiger partial charge in [-0.2, -0.15) is 0 Å². The standard InChI is InChI=1S/C12H12BrNO2/c13-12-5-4-11(16-12)7-14-10-3-1-2-9(6-10)8-15/h1-6,14-15H,7-8H2. The number of anilines is 1. The Morgan fingerprint density at radius 1 is 1.25 bits per heavy atom. The van der Waals surface area contributed by atoms with Gasteiger partial charge in [0.05, 0.1) is 13.2 Å². The minimum absolute atomic E-state index is 0.0574. The third kappa shape index (κ3) is 2.87. The molecular formula is C12H12BrNO2. The Morgan fingerprint density at radius 3 is 2.81 bits per heavy atom. The summed E-state index contributed by atoms with van der Waals surface area (Å²) in [7, 11) is 0. The Kier molecular flexibility index (Phi) is 3.64. The second-order valence-electron chi connectivity index (χ2n) is 3.42. The normalized spacial score (nSPS) is 10.4. The lowest BCUT2D eigenvalue weighted by molar-refractivity contribution is 0.282. The average Bonchev–Trinajstić information content (AvgIpc) is 2.73. The molecule has 0 unspecified atom stereocenters. The highest BCUT2D eigenvalue weighted by atomic mass is 79.9. The van der Waals surface area contributed by atoms with Gasteiger partial charge in [0, 0.05) is 5.69 Å². The zero-order valence-corrected chi connectivity index (χ0v) is 10.2. The smallest absolute Gasteiger partial charge is 0.169 e. The van der Waals surface area contributed by atoms with E-state index in [-0.39, 0.29) is 6.61 Å². The zero-order valence-electron chi connectivity index (χ0n) is 8.61. The molecule has 0 aliphatic heterocycles. The Bertz CT molecular complexity index is 468. The number of furan rings is 1. The number of aliphatic hydroxyl groups is 1. The van der Waals surface area contributed by atoms with Crippen molar-refractivity contribution in [1.82, 2.24) is 0 Å². The van der Waals surface area contributed by atoms with E-state index in [1.807, 2.05) is 36.4 Å². The minimum Gasteiger partial charge on any atom is -0.452 e. The average molecular weight is 282 g/mol. The van der Waals surface area contributed by atoms with E-state index in [1.165, 1.54) is 0 Å². The predicted molar refractivity (Wildman–Crippen MR) is 66.1 cm³/mol. The molecule has 2 N–H and O–H groups in total. The van der Waals surface area contributed by atoms with E-state index in [1.54, 1.807) is 0 Å². The van der Waals surface area contributed by atoms with Gasteiger partial charge in [-0.3, -0.25) is 0 Å². The molecule has 0 saturated carbocycles. The summed E-state index contributed by atoms with van der Waals surface area (Å²) in [4.78, 5) is 0. The summed E-state index contributed by atoms with van der Waals surface area (Å²) in [6.45, 7) is 0.683. The van der Waals surface area contributed by atoms with E-state index in [2.05, 4.69) is 21.2 Å². The molecule has 84 valence electrons. The third-order valence-electron chi connectivity index (χ3n) is 2.21. The number of hydrogen-bond acceptors (Lipinski definition) is 3. The van der Waals surface area contributed by atoms with Crippen molar-refractivity contribution in [2.75, 3.05) is 5.32 Å². The summed E-state index contributed by atoms with van der Waals surface area (Å²) in [6, 6.07) is 11.4. The van der Waals surface area contributed by atoms with Gasteiger partial charge in [0.25, 0.3) is 0 Å². The van der Waals surface area contributed by atoms with E-state index in [0.29, 0.717) is 6.54 Å². The van der Waals surface area contributed by atoms with Crippen LogP contribution in [0.1, 0.15) is 11.3 Å². The van der Waals surface area contributed by atoms with Gasteiger partial charge in [0.1, 0.15) is 5.76 Å². The van der Waals surface area contributed by atoms with Gasteiger partial charge in [-0.1, -0.05) is 12.1 Å². The number of hydrogen-bond donors (Lipinski definition) is 2.